The van der Waals surface area contributed by atoms with Crippen molar-refractivity contribution in [1.82, 2.24) is 10.3 Å². The zero-order valence-corrected chi connectivity index (χ0v) is 12.7. The summed E-state index contributed by atoms with van der Waals surface area (Å²) in [5.41, 5.74) is -0.640. The molecule has 2 rings (SSSR count). The number of alkyl halides is 3. The summed E-state index contributed by atoms with van der Waals surface area (Å²) in [4.78, 5) is 15.9. The number of rotatable bonds is 5. The van der Waals surface area contributed by atoms with Gasteiger partial charge in [0.25, 0.3) is 5.91 Å². The molecule has 1 aromatic carbocycles. The van der Waals surface area contributed by atoms with E-state index in [0.717, 1.165) is 12.1 Å². The number of aliphatic hydroxyl groups is 1. The van der Waals surface area contributed by atoms with Gasteiger partial charge in [0, 0.05) is 12.7 Å². The standard InChI is InChI=1S/C16H15F3N2O3/c1-24-15-12(6-3-7-20-15)14(23)21-9-13(22)10-4-2-5-11(8-10)16(17,18)19/h2-8,13,22H,9H2,1H3,(H,21,23)/t13-/m1/s1. The maximum absolute atomic E-state index is 12.7. The topological polar surface area (TPSA) is 71.5 Å². The van der Waals surface area contributed by atoms with Gasteiger partial charge in [-0.3, -0.25) is 4.79 Å². The number of nitrogens with zero attached hydrogens (tertiary/aromatic N) is 1. The maximum atomic E-state index is 12.7. The van der Waals surface area contributed by atoms with Crippen LogP contribution in [0.2, 0.25) is 0 Å². The first-order valence-electron chi connectivity index (χ1n) is 6.95. The molecule has 2 aromatic rings. The number of benzene rings is 1. The Balaban J connectivity index is 2.05. The highest BCUT2D eigenvalue weighted by Crippen LogP contribution is 2.30. The normalized spacial score (nSPS) is 12.5. The largest absolute Gasteiger partial charge is 0.480 e. The summed E-state index contributed by atoms with van der Waals surface area (Å²) in [7, 11) is 1.36. The third kappa shape index (κ3) is 4.23. The molecule has 5 nitrogen and oxygen atoms in total. The molecule has 1 aromatic heterocycles. The highest BCUT2D eigenvalue weighted by atomic mass is 19.4. The average molecular weight is 340 g/mol. The Morgan fingerprint density at radius 1 is 1.33 bits per heavy atom. The maximum Gasteiger partial charge on any atom is 0.416 e. The van der Waals surface area contributed by atoms with Crippen LogP contribution in [0.1, 0.15) is 27.6 Å². The Morgan fingerprint density at radius 3 is 2.75 bits per heavy atom. The number of methoxy groups -OCH3 is 1. The van der Waals surface area contributed by atoms with E-state index >= 15 is 0 Å². The minimum absolute atomic E-state index is 0.0586. The predicted octanol–water partition coefficient (Wildman–Crippen LogP) is 2.57. The molecule has 0 fully saturated rings. The summed E-state index contributed by atoms with van der Waals surface area (Å²) < 4.78 is 43.0. The van der Waals surface area contributed by atoms with Gasteiger partial charge >= 0.3 is 6.18 Å². The van der Waals surface area contributed by atoms with Crippen LogP contribution in [0.15, 0.2) is 42.6 Å². The van der Waals surface area contributed by atoms with Gasteiger partial charge in [0.1, 0.15) is 5.56 Å². The van der Waals surface area contributed by atoms with E-state index in [0.29, 0.717) is 0 Å². The lowest BCUT2D eigenvalue weighted by Crippen LogP contribution is -2.29. The van der Waals surface area contributed by atoms with Gasteiger partial charge in [0.05, 0.1) is 18.8 Å². The summed E-state index contributed by atoms with van der Waals surface area (Å²) in [6.45, 7) is -0.252. The summed E-state index contributed by atoms with van der Waals surface area (Å²) in [6.07, 6.45) is -4.33. The number of carbonyl (C=O) groups excluding carboxylic acids is 1. The van der Waals surface area contributed by atoms with Crippen molar-refractivity contribution in [2.45, 2.75) is 12.3 Å². The second-order valence-electron chi connectivity index (χ2n) is 4.91. The van der Waals surface area contributed by atoms with E-state index in [-0.39, 0.29) is 23.6 Å². The van der Waals surface area contributed by atoms with Crippen LogP contribution in [0.4, 0.5) is 13.2 Å². The quantitative estimate of drug-likeness (QED) is 0.878. The van der Waals surface area contributed by atoms with E-state index in [2.05, 4.69) is 10.3 Å². The molecule has 1 atom stereocenters. The van der Waals surface area contributed by atoms with Crippen molar-refractivity contribution in [2.24, 2.45) is 0 Å². The fraction of sp³-hybridized carbons (Fsp3) is 0.250. The van der Waals surface area contributed by atoms with Gasteiger partial charge in [-0.05, 0) is 29.8 Å². The lowest BCUT2D eigenvalue weighted by Gasteiger charge is -2.15. The monoisotopic (exact) mass is 340 g/mol. The molecular formula is C16H15F3N2O3. The first-order chi connectivity index (χ1) is 11.3. The molecule has 0 unspecified atom stereocenters. The number of ether oxygens (including phenoxy) is 1. The second-order valence-corrected chi connectivity index (χ2v) is 4.91. The third-order valence-electron chi connectivity index (χ3n) is 3.26. The van der Waals surface area contributed by atoms with Gasteiger partial charge in [-0.1, -0.05) is 12.1 Å². The number of halogens is 3. The first kappa shape index (κ1) is 17.7. The minimum Gasteiger partial charge on any atom is -0.480 e. The molecular weight excluding hydrogens is 325 g/mol. The average Bonchev–Trinajstić information content (AvgIpc) is 2.58. The molecule has 24 heavy (non-hydrogen) atoms. The molecule has 0 spiro atoms. The van der Waals surface area contributed by atoms with Gasteiger partial charge in [-0.15, -0.1) is 0 Å². The highest BCUT2D eigenvalue weighted by Gasteiger charge is 2.30. The minimum atomic E-state index is -4.50. The predicted molar refractivity (Wildman–Crippen MR) is 79.5 cm³/mol. The SMILES string of the molecule is COc1ncccc1C(=O)NC[C@@H](O)c1cccc(C(F)(F)F)c1. The van der Waals surface area contributed by atoms with Crippen LogP contribution in [-0.2, 0) is 6.18 Å². The van der Waals surface area contributed by atoms with Crippen LogP contribution < -0.4 is 10.1 Å². The Bertz CT molecular complexity index is 720. The molecule has 0 aliphatic carbocycles. The van der Waals surface area contributed by atoms with Crippen molar-refractivity contribution >= 4 is 5.91 Å². The number of carbonyl (C=O) groups is 1. The van der Waals surface area contributed by atoms with Crippen molar-refractivity contribution in [3.05, 3.63) is 59.3 Å². The van der Waals surface area contributed by atoms with Gasteiger partial charge in [-0.2, -0.15) is 13.2 Å². The smallest absolute Gasteiger partial charge is 0.416 e. The van der Waals surface area contributed by atoms with Crippen LogP contribution in [-0.4, -0.2) is 29.7 Å². The number of aliphatic hydroxyl groups excluding tert-OH is 1. The second kappa shape index (κ2) is 7.31. The number of hydrogen-bond donors (Lipinski definition) is 2. The van der Waals surface area contributed by atoms with Crippen molar-refractivity contribution in [2.75, 3.05) is 13.7 Å². The number of amides is 1. The van der Waals surface area contributed by atoms with E-state index in [4.69, 9.17) is 4.74 Å². The Hall–Kier alpha value is -2.61. The molecule has 128 valence electrons. The zero-order valence-electron chi connectivity index (χ0n) is 12.7. The van der Waals surface area contributed by atoms with Crippen molar-refractivity contribution in [3.8, 4) is 5.88 Å². The zero-order chi connectivity index (χ0) is 17.7. The van der Waals surface area contributed by atoms with Crippen LogP contribution in [0.3, 0.4) is 0 Å². The summed E-state index contributed by atoms with van der Waals surface area (Å²) in [6, 6.07) is 7.35. The van der Waals surface area contributed by atoms with Crippen molar-refractivity contribution in [3.63, 3.8) is 0 Å². The molecule has 0 aliphatic heterocycles. The van der Waals surface area contributed by atoms with Crippen molar-refractivity contribution in [1.29, 1.82) is 0 Å². The molecule has 1 heterocycles. The van der Waals surface area contributed by atoms with E-state index < -0.39 is 23.8 Å². The van der Waals surface area contributed by atoms with Crippen LogP contribution in [0, 0.1) is 0 Å². The molecule has 0 bridgehead atoms. The van der Waals surface area contributed by atoms with Gasteiger partial charge in [0.2, 0.25) is 5.88 Å². The lowest BCUT2D eigenvalue weighted by molar-refractivity contribution is -0.137. The highest BCUT2D eigenvalue weighted by molar-refractivity contribution is 5.96. The molecule has 0 aliphatic rings. The fourth-order valence-electron chi connectivity index (χ4n) is 2.05. The third-order valence-corrected chi connectivity index (χ3v) is 3.26. The number of aromatic nitrogens is 1. The number of hydrogen-bond acceptors (Lipinski definition) is 4. The Labute approximate surface area is 136 Å². The fourth-order valence-corrected chi connectivity index (χ4v) is 2.05. The Kier molecular flexibility index (Phi) is 5.40. The first-order valence-corrected chi connectivity index (χ1v) is 6.95. The Morgan fingerprint density at radius 2 is 2.08 bits per heavy atom. The lowest BCUT2D eigenvalue weighted by atomic mass is 10.1. The number of nitrogens with one attached hydrogen (secondary N) is 1. The van der Waals surface area contributed by atoms with E-state index in [9.17, 15) is 23.1 Å². The summed E-state index contributed by atoms with van der Waals surface area (Å²) in [5.74, 6) is -0.436. The van der Waals surface area contributed by atoms with Crippen molar-refractivity contribution < 1.29 is 27.8 Å². The van der Waals surface area contributed by atoms with Crippen LogP contribution in [0.5, 0.6) is 5.88 Å². The van der Waals surface area contributed by atoms with Gasteiger partial charge < -0.3 is 15.2 Å². The van der Waals surface area contributed by atoms with Crippen LogP contribution >= 0.6 is 0 Å². The molecule has 1 amide bonds. The molecule has 0 saturated heterocycles. The summed E-state index contributed by atoms with van der Waals surface area (Å²) >= 11 is 0. The van der Waals surface area contributed by atoms with Crippen LogP contribution in [0.25, 0.3) is 0 Å². The van der Waals surface area contributed by atoms with E-state index in [1.165, 1.54) is 31.5 Å². The molecule has 8 heteroatoms. The number of pyridine rings is 1. The molecule has 2 N–H and O–H groups in total. The van der Waals surface area contributed by atoms with E-state index in [1.807, 2.05) is 0 Å². The van der Waals surface area contributed by atoms with E-state index in [1.54, 1.807) is 6.07 Å². The molecule has 0 saturated carbocycles. The molecule has 0 radical (unpaired) electrons. The van der Waals surface area contributed by atoms with Gasteiger partial charge in [0.15, 0.2) is 0 Å². The summed E-state index contributed by atoms with van der Waals surface area (Å²) in [5, 5.41) is 12.4. The van der Waals surface area contributed by atoms with Gasteiger partial charge in [-0.25, -0.2) is 4.98 Å².